The van der Waals surface area contributed by atoms with Crippen molar-refractivity contribution in [2.75, 3.05) is 5.32 Å². The van der Waals surface area contributed by atoms with Crippen molar-refractivity contribution >= 4 is 11.4 Å². The summed E-state index contributed by atoms with van der Waals surface area (Å²) in [6, 6.07) is 5.98. The number of hydrogen-bond donors (Lipinski definition) is 1. The topological polar surface area (TPSA) is 55.2 Å². The van der Waals surface area contributed by atoms with E-state index in [2.05, 4.69) is 5.32 Å². The van der Waals surface area contributed by atoms with Crippen LogP contribution in [0.25, 0.3) is 0 Å². The number of non-ortho nitro benzene ring substituents is 1. The van der Waals surface area contributed by atoms with Gasteiger partial charge in [-0.1, -0.05) is 6.07 Å². The van der Waals surface area contributed by atoms with E-state index in [0.29, 0.717) is 6.07 Å². The lowest BCUT2D eigenvalue weighted by Gasteiger charge is -2.08. The minimum atomic E-state index is -0.775. The van der Waals surface area contributed by atoms with Gasteiger partial charge in [0.2, 0.25) is 0 Å². The van der Waals surface area contributed by atoms with E-state index < -0.39 is 22.4 Å². The summed E-state index contributed by atoms with van der Waals surface area (Å²) in [7, 11) is 0. The van der Waals surface area contributed by atoms with Crippen molar-refractivity contribution in [2.45, 2.75) is 6.54 Å². The number of halogens is 3. The summed E-state index contributed by atoms with van der Waals surface area (Å²) >= 11 is 0. The Morgan fingerprint density at radius 2 is 1.80 bits per heavy atom. The van der Waals surface area contributed by atoms with Crippen LogP contribution in [0.2, 0.25) is 0 Å². The van der Waals surface area contributed by atoms with Crippen LogP contribution in [0.15, 0.2) is 36.4 Å². The molecule has 0 heterocycles. The van der Waals surface area contributed by atoms with Crippen LogP contribution in [0.5, 0.6) is 0 Å². The van der Waals surface area contributed by atoms with Crippen LogP contribution in [0.1, 0.15) is 5.56 Å². The summed E-state index contributed by atoms with van der Waals surface area (Å²) in [6.07, 6.45) is 0. The molecule has 0 saturated heterocycles. The van der Waals surface area contributed by atoms with Crippen LogP contribution >= 0.6 is 0 Å². The average Bonchev–Trinajstić information content (AvgIpc) is 2.39. The van der Waals surface area contributed by atoms with Gasteiger partial charge in [-0.2, -0.15) is 0 Å². The molecule has 0 aliphatic rings. The molecule has 0 saturated carbocycles. The maximum atomic E-state index is 13.5. The van der Waals surface area contributed by atoms with Crippen molar-refractivity contribution in [3.8, 4) is 0 Å². The predicted molar refractivity (Wildman–Crippen MR) is 66.7 cm³/mol. The quantitative estimate of drug-likeness (QED) is 0.688. The lowest BCUT2D eigenvalue weighted by molar-refractivity contribution is -0.384. The van der Waals surface area contributed by atoms with Gasteiger partial charge < -0.3 is 5.32 Å². The van der Waals surface area contributed by atoms with Gasteiger partial charge in [-0.05, 0) is 12.1 Å². The molecule has 2 aromatic rings. The maximum absolute atomic E-state index is 13.5. The highest BCUT2D eigenvalue weighted by molar-refractivity contribution is 5.52. The van der Waals surface area contributed by atoms with E-state index in [1.54, 1.807) is 0 Å². The van der Waals surface area contributed by atoms with Gasteiger partial charge in [-0.15, -0.1) is 0 Å². The molecule has 0 spiro atoms. The van der Waals surface area contributed by atoms with Gasteiger partial charge >= 0.3 is 0 Å². The molecule has 0 unspecified atom stereocenters. The number of nitro benzene ring substituents is 1. The van der Waals surface area contributed by atoms with Crippen LogP contribution in [0.4, 0.5) is 24.5 Å². The van der Waals surface area contributed by atoms with E-state index in [-0.39, 0.29) is 23.5 Å². The fraction of sp³-hybridized carbons (Fsp3) is 0.0769. The van der Waals surface area contributed by atoms with E-state index in [1.165, 1.54) is 6.07 Å². The Labute approximate surface area is 112 Å². The zero-order chi connectivity index (χ0) is 14.7. The van der Waals surface area contributed by atoms with Crippen LogP contribution in [0, 0.1) is 27.6 Å². The first kappa shape index (κ1) is 13.9. The smallest absolute Gasteiger partial charge is 0.271 e. The van der Waals surface area contributed by atoms with Crippen molar-refractivity contribution in [1.82, 2.24) is 0 Å². The largest absolute Gasteiger partial charge is 0.378 e. The number of nitro groups is 1. The molecule has 0 bridgehead atoms. The Kier molecular flexibility index (Phi) is 3.88. The Hall–Kier alpha value is -2.57. The molecule has 4 nitrogen and oxygen atoms in total. The number of benzene rings is 2. The van der Waals surface area contributed by atoms with Crippen LogP contribution in [-0.2, 0) is 6.54 Å². The van der Waals surface area contributed by atoms with Gasteiger partial charge in [-0.25, -0.2) is 13.2 Å². The molecule has 0 aromatic heterocycles. The van der Waals surface area contributed by atoms with E-state index in [0.717, 1.165) is 24.3 Å². The lowest BCUT2D eigenvalue weighted by Crippen LogP contribution is -2.04. The zero-order valence-corrected chi connectivity index (χ0v) is 10.1. The first-order valence-corrected chi connectivity index (χ1v) is 5.59. The number of anilines is 1. The molecule has 0 aliphatic carbocycles. The Bertz CT molecular complexity index is 662. The molecule has 1 N–H and O–H groups in total. The third-order valence-electron chi connectivity index (χ3n) is 2.65. The Morgan fingerprint density at radius 3 is 2.45 bits per heavy atom. The number of rotatable bonds is 4. The summed E-state index contributed by atoms with van der Waals surface area (Å²) < 4.78 is 39.6. The van der Waals surface area contributed by atoms with Crippen LogP contribution in [0.3, 0.4) is 0 Å². The van der Waals surface area contributed by atoms with Crippen molar-refractivity contribution in [3.05, 3.63) is 69.5 Å². The van der Waals surface area contributed by atoms with Crippen molar-refractivity contribution < 1.29 is 18.1 Å². The van der Waals surface area contributed by atoms with Gasteiger partial charge in [0.15, 0.2) is 0 Å². The fourth-order valence-electron chi connectivity index (χ4n) is 1.62. The summed E-state index contributed by atoms with van der Waals surface area (Å²) in [5.41, 5.74) is -0.284. The molecule has 20 heavy (non-hydrogen) atoms. The third kappa shape index (κ3) is 3.05. The van der Waals surface area contributed by atoms with Crippen molar-refractivity contribution in [3.63, 3.8) is 0 Å². The van der Waals surface area contributed by atoms with Gasteiger partial charge in [-0.3, -0.25) is 10.1 Å². The molecule has 0 radical (unpaired) electrons. The average molecular weight is 282 g/mol. The summed E-state index contributed by atoms with van der Waals surface area (Å²) in [5, 5.41) is 13.1. The van der Waals surface area contributed by atoms with Gasteiger partial charge in [0, 0.05) is 30.3 Å². The normalized spacial score (nSPS) is 10.3. The van der Waals surface area contributed by atoms with E-state index >= 15 is 0 Å². The molecule has 0 fully saturated rings. The Balaban J connectivity index is 2.18. The zero-order valence-electron chi connectivity index (χ0n) is 10.1. The maximum Gasteiger partial charge on any atom is 0.271 e. The predicted octanol–water partition coefficient (Wildman–Crippen LogP) is 3.62. The second-order valence-corrected chi connectivity index (χ2v) is 4.01. The summed E-state index contributed by atoms with van der Waals surface area (Å²) in [4.78, 5) is 9.92. The van der Waals surface area contributed by atoms with E-state index in [1.807, 2.05) is 0 Å². The molecule has 2 aromatic carbocycles. The second-order valence-electron chi connectivity index (χ2n) is 4.01. The van der Waals surface area contributed by atoms with E-state index in [4.69, 9.17) is 0 Å². The molecular weight excluding hydrogens is 273 g/mol. The number of hydrogen-bond acceptors (Lipinski definition) is 3. The van der Waals surface area contributed by atoms with Gasteiger partial charge in [0.05, 0.1) is 10.6 Å². The molecule has 0 atom stereocenters. The molecule has 2 rings (SSSR count). The SMILES string of the molecule is O=[N+]([O-])c1ccc(F)c(NCc2ccc(F)cc2F)c1. The highest BCUT2D eigenvalue weighted by Gasteiger charge is 2.11. The molecule has 0 amide bonds. The molecule has 0 aliphatic heterocycles. The van der Waals surface area contributed by atoms with Crippen molar-refractivity contribution in [1.29, 1.82) is 0 Å². The molecule has 104 valence electrons. The monoisotopic (exact) mass is 282 g/mol. The summed E-state index contributed by atoms with van der Waals surface area (Å²) in [6.45, 7) is -0.121. The first-order chi connectivity index (χ1) is 9.47. The highest BCUT2D eigenvalue weighted by Crippen LogP contribution is 2.22. The fourth-order valence-corrected chi connectivity index (χ4v) is 1.62. The van der Waals surface area contributed by atoms with Gasteiger partial charge in [0.1, 0.15) is 17.5 Å². The minimum Gasteiger partial charge on any atom is -0.378 e. The van der Waals surface area contributed by atoms with Crippen LogP contribution < -0.4 is 5.32 Å². The standard InChI is InChI=1S/C13H9F3N2O2/c14-9-2-1-8(12(16)5-9)7-17-13-6-10(18(19)20)3-4-11(13)15/h1-6,17H,7H2. The van der Waals surface area contributed by atoms with Gasteiger partial charge in [0.25, 0.3) is 5.69 Å². The second kappa shape index (κ2) is 5.60. The molecule has 7 heteroatoms. The van der Waals surface area contributed by atoms with Crippen LogP contribution in [-0.4, -0.2) is 4.92 Å². The third-order valence-corrected chi connectivity index (χ3v) is 2.65. The highest BCUT2D eigenvalue weighted by atomic mass is 19.1. The van der Waals surface area contributed by atoms with Crippen molar-refractivity contribution in [2.24, 2.45) is 0 Å². The summed E-state index contributed by atoms with van der Waals surface area (Å²) in [5.74, 6) is -2.19. The Morgan fingerprint density at radius 1 is 1.05 bits per heavy atom. The number of nitrogens with one attached hydrogen (secondary N) is 1. The minimum absolute atomic E-state index is 0.121. The number of nitrogens with zero attached hydrogens (tertiary/aromatic N) is 1. The molecular formula is C13H9F3N2O2. The van der Waals surface area contributed by atoms with E-state index in [9.17, 15) is 23.3 Å². The first-order valence-electron chi connectivity index (χ1n) is 5.59. The lowest BCUT2D eigenvalue weighted by atomic mass is 10.2.